The normalized spacial score (nSPS) is 13.3. The van der Waals surface area contributed by atoms with Gasteiger partial charge in [-0.3, -0.25) is 0 Å². The molecule has 18 heavy (non-hydrogen) atoms. The molecule has 0 amide bonds. The molecule has 0 aliphatic rings. The SMILES string of the molecule is C=C(C)C(=O)OCC(F)(F)C(F)(F)C(F)(F)CC. The number of rotatable bonds is 6. The molecule has 2 nitrogen and oxygen atoms in total. The molecule has 0 saturated carbocycles. The third-order valence-corrected chi connectivity index (χ3v) is 2.10. The fourth-order valence-electron chi connectivity index (χ4n) is 0.860. The van der Waals surface area contributed by atoms with Crippen LogP contribution in [0.15, 0.2) is 12.2 Å². The molecule has 0 aromatic rings. The maximum absolute atomic E-state index is 13.0. The van der Waals surface area contributed by atoms with Crippen LogP contribution in [0.2, 0.25) is 0 Å². The summed E-state index contributed by atoms with van der Waals surface area (Å²) in [4.78, 5) is 10.7. The molecule has 0 atom stereocenters. The van der Waals surface area contributed by atoms with Crippen molar-refractivity contribution in [2.24, 2.45) is 0 Å². The van der Waals surface area contributed by atoms with Gasteiger partial charge in [-0.15, -0.1) is 0 Å². The molecule has 0 aromatic carbocycles. The Labute approximate surface area is 99.6 Å². The second kappa shape index (κ2) is 5.19. The molecule has 0 bridgehead atoms. The van der Waals surface area contributed by atoms with Crippen molar-refractivity contribution in [3.63, 3.8) is 0 Å². The Bertz CT molecular complexity index is 337. The topological polar surface area (TPSA) is 26.3 Å². The van der Waals surface area contributed by atoms with Gasteiger partial charge < -0.3 is 4.74 Å². The number of hydrogen-bond acceptors (Lipinski definition) is 2. The molecule has 0 aliphatic carbocycles. The number of halogens is 6. The number of hydrogen-bond donors (Lipinski definition) is 0. The molecule has 106 valence electrons. The predicted molar refractivity (Wildman–Crippen MR) is 50.9 cm³/mol. The first-order valence-corrected chi connectivity index (χ1v) is 4.85. The highest BCUT2D eigenvalue weighted by atomic mass is 19.3. The Balaban J connectivity index is 4.92. The predicted octanol–water partition coefficient (Wildman–Crippen LogP) is 3.42. The third-order valence-electron chi connectivity index (χ3n) is 2.10. The van der Waals surface area contributed by atoms with Crippen LogP contribution in [0.3, 0.4) is 0 Å². The molecule has 0 fully saturated rings. The smallest absolute Gasteiger partial charge is 0.375 e. The number of carbonyl (C=O) groups is 1. The van der Waals surface area contributed by atoms with Crippen LogP contribution in [0, 0.1) is 0 Å². The van der Waals surface area contributed by atoms with E-state index in [4.69, 9.17) is 0 Å². The lowest BCUT2D eigenvalue weighted by Gasteiger charge is -2.31. The molecular weight excluding hydrogens is 266 g/mol. The summed E-state index contributed by atoms with van der Waals surface area (Å²) in [7, 11) is 0. The summed E-state index contributed by atoms with van der Waals surface area (Å²) in [5.74, 6) is -17.0. The van der Waals surface area contributed by atoms with Crippen molar-refractivity contribution in [2.75, 3.05) is 6.61 Å². The number of esters is 1. The van der Waals surface area contributed by atoms with Crippen LogP contribution in [-0.4, -0.2) is 30.3 Å². The maximum Gasteiger partial charge on any atom is 0.375 e. The van der Waals surface area contributed by atoms with E-state index in [-0.39, 0.29) is 5.57 Å². The molecule has 0 spiro atoms. The summed E-state index contributed by atoms with van der Waals surface area (Å²) in [6, 6.07) is 0. The highest BCUT2D eigenvalue weighted by molar-refractivity contribution is 5.86. The fourth-order valence-corrected chi connectivity index (χ4v) is 0.860. The van der Waals surface area contributed by atoms with Gasteiger partial charge in [0.15, 0.2) is 6.61 Å². The van der Waals surface area contributed by atoms with Crippen molar-refractivity contribution in [3.8, 4) is 0 Å². The van der Waals surface area contributed by atoms with Gasteiger partial charge in [0.2, 0.25) is 0 Å². The highest BCUT2D eigenvalue weighted by Gasteiger charge is 2.70. The molecule has 0 unspecified atom stereocenters. The summed E-state index contributed by atoms with van der Waals surface area (Å²) in [5, 5.41) is 0. The van der Waals surface area contributed by atoms with Crippen LogP contribution in [-0.2, 0) is 9.53 Å². The first-order valence-electron chi connectivity index (χ1n) is 4.85. The Kier molecular flexibility index (Phi) is 4.84. The molecule has 0 rings (SSSR count). The number of carbonyl (C=O) groups excluding carboxylic acids is 1. The minimum absolute atomic E-state index is 0.309. The summed E-state index contributed by atoms with van der Waals surface area (Å²) in [6.07, 6.45) is -1.47. The Morgan fingerprint density at radius 1 is 1.11 bits per heavy atom. The van der Waals surface area contributed by atoms with E-state index in [0.29, 0.717) is 6.92 Å². The van der Waals surface area contributed by atoms with Crippen LogP contribution < -0.4 is 0 Å². The van der Waals surface area contributed by atoms with Crippen molar-refractivity contribution in [2.45, 2.75) is 38.0 Å². The van der Waals surface area contributed by atoms with E-state index < -0.39 is 36.8 Å². The minimum atomic E-state index is -5.61. The molecule has 0 saturated heterocycles. The monoisotopic (exact) mass is 278 g/mol. The van der Waals surface area contributed by atoms with Gasteiger partial charge in [0.25, 0.3) is 0 Å². The van der Waals surface area contributed by atoms with E-state index in [9.17, 15) is 31.1 Å². The Hall–Kier alpha value is -1.21. The van der Waals surface area contributed by atoms with E-state index >= 15 is 0 Å². The zero-order chi connectivity index (χ0) is 14.8. The van der Waals surface area contributed by atoms with Crippen LogP contribution in [0.4, 0.5) is 26.3 Å². The van der Waals surface area contributed by atoms with Crippen LogP contribution in [0.25, 0.3) is 0 Å². The van der Waals surface area contributed by atoms with E-state index in [2.05, 4.69) is 11.3 Å². The molecule has 0 radical (unpaired) electrons. The lowest BCUT2D eigenvalue weighted by Crippen LogP contribution is -2.56. The second-order valence-electron chi connectivity index (χ2n) is 3.69. The first kappa shape index (κ1) is 16.8. The van der Waals surface area contributed by atoms with Gasteiger partial charge in [0, 0.05) is 12.0 Å². The lowest BCUT2D eigenvalue weighted by molar-refractivity contribution is -0.317. The molecular formula is C10H12F6O2. The summed E-state index contributed by atoms with van der Waals surface area (Å²) < 4.78 is 81.0. The molecule has 8 heteroatoms. The lowest BCUT2D eigenvalue weighted by atomic mass is 10.0. The van der Waals surface area contributed by atoms with Crippen molar-refractivity contribution in [1.82, 2.24) is 0 Å². The summed E-state index contributed by atoms with van der Waals surface area (Å²) >= 11 is 0. The highest BCUT2D eigenvalue weighted by Crippen LogP contribution is 2.47. The van der Waals surface area contributed by atoms with Gasteiger partial charge in [0.1, 0.15) is 0 Å². The zero-order valence-electron chi connectivity index (χ0n) is 9.71. The van der Waals surface area contributed by atoms with Crippen molar-refractivity contribution >= 4 is 5.97 Å². The van der Waals surface area contributed by atoms with Crippen molar-refractivity contribution in [3.05, 3.63) is 12.2 Å². The van der Waals surface area contributed by atoms with Gasteiger partial charge in [-0.1, -0.05) is 13.5 Å². The average molecular weight is 278 g/mol. The van der Waals surface area contributed by atoms with E-state index in [0.717, 1.165) is 6.92 Å². The standard InChI is InChI=1S/C10H12F6O2/c1-4-8(11,12)10(15,16)9(13,14)5-18-7(17)6(2)3/h2,4-5H2,1,3H3. The molecule has 0 N–H and O–H groups in total. The fraction of sp³-hybridized carbons (Fsp3) is 0.700. The van der Waals surface area contributed by atoms with Gasteiger partial charge in [-0.25, -0.2) is 4.79 Å². The average Bonchev–Trinajstić information content (AvgIpc) is 2.25. The largest absolute Gasteiger partial charge is 0.456 e. The molecule has 0 aromatic heterocycles. The quantitative estimate of drug-likeness (QED) is 0.423. The summed E-state index contributed by atoms with van der Waals surface area (Å²) in [5.41, 5.74) is -0.309. The van der Waals surface area contributed by atoms with Gasteiger partial charge >= 0.3 is 23.7 Å². The first-order chi connectivity index (χ1) is 7.89. The van der Waals surface area contributed by atoms with Gasteiger partial charge in [0.05, 0.1) is 0 Å². The van der Waals surface area contributed by atoms with Crippen LogP contribution >= 0.6 is 0 Å². The third kappa shape index (κ3) is 3.17. The molecule has 0 aliphatic heterocycles. The number of ether oxygens (including phenoxy) is 1. The van der Waals surface area contributed by atoms with Crippen LogP contribution in [0.5, 0.6) is 0 Å². The van der Waals surface area contributed by atoms with Crippen LogP contribution in [0.1, 0.15) is 20.3 Å². The van der Waals surface area contributed by atoms with E-state index in [1.807, 2.05) is 0 Å². The van der Waals surface area contributed by atoms with Gasteiger partial charge in [-0.05, 0) is 6.92 Å². The maximum atomic E-state index is 13.0. The zero-order valence-corrected chi connectivity index (χ0v) is 9.71. The Morgan fingerprint density at radius 2 is 1.56 bits per heavy atom. The van der Waals surface area contributed by atoms with Crippen molar-refractivity contribution in [1.29, 1.82) is 0 Å². The summed E-state index contributed by atoms with van der Waals surface area (Å²) in [6.45, 7) is 2.63. The molecule has 0 heterocycles. The van der Waals surface area contributed by atoms with Crippen molar-refractivity contribution < 1.29 is 35.9 Å². The van der Waals surface area contributed by atoms with Gasteiger partial charge in [-0.2, -0.15) is 26.3 Å². The second-order valence-corrected chi connectivity index (χ2v) is 3.69. The Morgan fingerprint density at radius 3 is 1.89 bits per heavy atom. The minimum Gasteiger partial charge on any atom is -0.456 e. The van der Waals surface area contributed by atoms with E-state index in [1.54, 1.807) is 0 Å². The number of alkyl halides is 6. The van der Waals surface area contributed by atoms with E-state index in [1.165, 1.54) is 0 Å².